The van der Waals surface area contributed by atoms with Crippen LogP contribution in [0.5, 0.6) is 5.75 Å². The first-order chi connectivity index (χ1) is 15.1. The highest BCUT2D eigenvalue weighted by molar-refractivity contribution is 7.19. The van der Waals surface area contributed by atoms with E-state index in [0.717, 1.165) is 31.4 Å². The SMILES string of the molecule is COc1cc(CC(=O)Nc2nnc(NC3CCC(c4cccnn4)CC3)s2)ccc1F. The van der Waals surface area contributed by atoms with Gasteiger partial charge in [0.2, 0.25) is 16.2 Å². The van der Waals surface area contributed by atoms with Crippen molar-refractivity contribution in [1.82, 2.24) is 20.4 Å². The molecule has 0 bridgehead atoms. The van der Waals surface area contributed by atoms with Crippen LogP contribution >= 0.6 is 11.3 Å². The van der Waals surface area contributed by atoms with Crippen molar-refractivity contribution in [3.8, 4) is 5.75 Å². The second kappa shape index (κ2) is 9.78. The van der Waals surface area contributed by atoms with E-state index in [2.05, 4.69) is 31.0 Å². The van der Waals surface area contributed by atoms with E-state index in [1.165, 1.54) is 30.6 Å². The standard InChI is InChI=1S/C21H23FN6O2S/c1-30-18-11-13(4-9-16(18)22)12-19(29)25-21-28-27-20(31-21)24-15-7-5-14(6-8-15)17-3-2-10-23-26-17/h2-4,9-11,14-15H,5-8,12H2,1H3,(H,24,27)(H,25,28,29). The van der Waals surface area contributed by atoms with Gasteiger partial charge in [-0.15, -0.1) is 10.2 Å². The van der Waals surface area contributed by atoms with Gasteiger partial charge in [-0.2, -0.15) is 10.2 Å². The van der Waals surface area contributed by atoms with Gasteiger partial charge in [0, 0.05) is 18.2 Å². The van der Waals surface area contributed by atoms with Gasteiger partial charge >= 0.3 is 0 Å². The topological polar surface area (TPSA) is 102 Å². The van der Waals surface area contributed by atoms with E-state index < -0.39 is 5.82 Å². The molecule has 0 aliphatic heterocycles. The van der Waals surface area contributed by atoms with Gasteiger partial charge in [0.25, 0.3) is 0 Å². The fourth-order valence-electron chi connectivity index (χ4n) is 3.73. The molecule has 0 radical (unpaired) electrons. The van der Waals surface area contributed by atoms with Gasteiger partial charge in [0.15, 0.2) is 11.6 Å². The molecule has 0 spiro atoms. The lowest BCUT2D eigenvalue weighted by molar-refractivity contribution is -0.115. The second-order valence-corrected chi connectivity index (χ2v) is 8.43. The number of amides is 1. The number of hydrogen-bond donors (Lipinski definition) is 2. The minimum absolute atomic E-state index is 0.0887. The quantitative estimate of drug-likeness (QED) is 0.574. The molecule has 1 aromatic carbocycles. The van der Waals surface area contributed by atoms with Crippen molar-refractivity contribution < 1.29 is 13.9 Å². The molecule has 8 nitrogen and oxygen atoms in total. The van der Waals surface area contributed by atoms with Crippen LogP contribution in [0.4, 0.5) is 14.7 Å². The van der Waals surface area contributed by atoms with E-state index in [0.29, 0.717) is 27.8 Å². The largest absolute Gasteiger partial charge is 0.494 e. The molecule has 2 N–H and O–H groups in total. The summed E-state index contributed by atoms with van der Waals surface area (Å²) in [5, 5.41) is 23.7. The predicted molar refractivity (Wildman–Crippen MR) is 116 cm³/mol. The molecule has 31 heavy (non-hydrogen) atoms. The minimum Gasteiger partial charge on any atom is -0.494 e. The summed E-state index contributed by atoms with van der Waals surface area (Å²) >= 11 is 1.30. The van der Waals surface area contributed by atoms with Crippen LogP contribution in [-0.2, 0) is 11.2 Å². The Hall–Kier alpha value is -3.14. The number of benzene rings is 1. The van der Waals surface area contributed by atoms with Crippen LogP contribution < -0.4 is 15.4 Å². The first-order valence-corrected chi connectivity index (χ1v) is 10.9. The second-order valence-electron chi connectivity index (χ2n) is 7.45. The highest BCUT2D eigenvalue weighted by atomic mass is 32.1. The fraction of sp³-hybridized carbons (Fsp3) is 0.381. The number of methoxy groups -OCH3 is 1. The van der Waals surface area contributed by atoms with Crippen LogP contribution in [0.1, 0.15) is 42.9 Å². The molecule has 4 rings (SSSR count). The first-order valence-electron chi connectivity index (χ1n) is 10.1. The molecular formula is C21H23FN6O2S. The maximum absolute atomic E-state index is 13.5. The number of nitrogens with one attached hydrogen (secondary N) is 2. The van der Waals surface area contributed by atoms with Gasteiger partial charge in [0.05, 0.1) is 19.2 Å². The summed E-state index contributed by atoms with van der Waals surface area (Å²) < 4.78 is 18.5. The Morgan fingerprint density at radius 3 is 2.71 bits per heavy atom. The number of aromatic nitrogens is 4. The van der Waals surface area contributed by atoms with Crippen LogP contribution in [0.3, 0.4) is 0 Å². The van der Waals surface area contributed by atoms with E-state index in [4.69, 9.17) is 4.74 Å². The molecule has 2 heterocycles. The van der Waals surface area contributed by atoms with E-state index in [-0.39, 0.29) is 18.1 Å². The average Bonchev–Trinajstić information content (AvgIpc) is 3.22. The van der Waals surface area contributed by atoms with Crippen molar-refractivity contribution in [2.75, 3.05) is 17.7 Å². The van der Waals surface area contributed by atoms with E-state index >= 15 is 0 Å². The molecule has 3 aromatic rings. The number of hydrogen-bond acceptors (Lipinski definition) is 8. The van der Waals surface area contributed by atoms with Crippen LogP contribution in [0, 0.1) is 5.82 Å². The molecule has 1 amide bonds. The van der Waals surface area contributed by atoms with Crippen molar-refractivity contribution in [3.05, 3.63) is 53.6 Å². The number of anilines is 2. The molecule has 1 fully saturated rings. The third kappa shape index (κ3) is 5.52. The lowest BCUT2D eigenvalue weighted by Crippen LogP contribution is -2.25. The maximum Gasteiger partial charge on any atom is 0.230 e. The van der Waals surface area contributed by atoms with Crippen LogP contribution in [0.2, 0.25) is 0 Å². The van der Waals surface area contributed by atoms with Crippen LogP contribution in [0.25, 0.3) is 0 Å². The molecule has 0 saturated heterocycles. The fourth-order valence-corrected chi connectivity index (χ4v) is 4.47. The molecule has 1 saturated carbocycles. The summed E-state index contributed by atoms with van der Waals surface area (Å²) in [6.45, 7) is 0. The predicted octanol–water partition coefficient (Wildman–Crippen LogP) is 3.80. The molecular weight excluding hydrogens is 419 g/mol. The molecule has 0 atom stereocenters. The van der Waals surface area contributed by atoms with E-state index in [9.17, 15) is 9.18 Å². The van der Waals surface area contributed by atoms with Gasteiger partial charge in [-0.05, 0) is 55.5 Å². The Bertz CT molecular complexity index is 1020. The Labute approximate surface area is 183 Å². The smallest absolute Gasteiger partial charge is 0.230 e. The summed E-state index contributed by atoms with van der Waals surface area (Å²) in [5.74, 6) is -0.152. The number of carbonyl (C=O) groups is 1. The number of rotatable bonds is 7. The summed E-state index contributed by atoms with van der Waals surface area (Å²) in [4.78, 5) is 12.3. The number of halogens is 1. The summed E-state index contributed by atoms with van der Waals surface area (Å²) in [6, 6.07) is 8.63. The molecule has 1 aliphatic carbocycles. The number of carbonyl (C=O) groups excluding carboxylic acids is 1. The van der Waals surface area contributed by atoms with Gasteiger partial charge in [-0.1, -0.05) is 17.4 Å². The number of nitrogens with zero attached hydrogens (tertiary/aromatic N) is 4. The van der Waals surface area contributed by atoms with E-state index in [1.54, 1.807) is 12.3 Å². The Balaban J connectivity index is 1.26. The van der Waals surface area contributed by atoms with Crippen LogP contribution in [0.15, 0.2) is 36.5 Å². The van der Waals surface area contributed by atoms with Gasteiger partial charge < -0.3 is 15.4 Å². The molecule has 10 heteroatoms. The van der Waals surface area contributed by atoms with Crippen molar-refractivity contribution >= 4 is 27.5 Å². The van der Waals surface area contributed by atoms with Gasteiger partial charge in [0.1, 0.15) is 0 Å². The molecule has 0 unspecified atom stereocenters. The highest BCUT2D eigenvalue weighted by Gasteiger charge is 2.24. The van der Waals surface area contributed by atoms with Crippen molar-refractivity contribution in [3.63, 3.8) is 0 Å². The zero-order valence-electron chi connectivity index (χ0n) is 17.0. The van der Waals surface area contributed by atoms with Gasteiger partial charge in [-0.25, -0.2) is 4.39 Å². The monoisotopic (exact) mass is 442 g/mol. The number of ether oxygens (including phenoxy) is 1. The Kier molecular flexibility index (Phi) is 6.66. The first kappa shape index (κ1) is 21.1. The van der Waals surface area contributed by atoms with Crippen molar-refractivity contribution in [1.29, 1.82) is 0 Å². The lowest BCUT2D eigenvalue weighted by Gasteiger charge is -2.28. The average molecular weight is 443 g/mol. The molecule has 1 aliphatic rings. The summed E-state index contributed by atoms with van der Waals surface area (Å²) in [7, 11) is 1.39. The zero-order chi connectivity index (χ0) is 21.6. The highest BCUT2D eigenvalue weighted by Crippen LogP contribution is 2.33. The lowest BCUT2D eigenvalue weighted by atomic mass is 9.84. The third-order valence-corrected chi connectivity index (χ3v) is 6.09. The summed E-state index contributed by atoms with van der Waals surface area (Å²) in [6.07, 6.45) is 5.88. The maximum atomic E-state index is 13.5. The minimum atomic E-state index is -0.461. The van der Waals surface area contributed by atoms with Crippen LogP contribution in [-0.4, -0.2) is 39.5 Å². The Morgan fingerprint density at radius 1 is 1.16 bits per heavy atom. The third-order valence-electron chi connectivity index (χ3n) is 5.32. The summed E-state index contributed by atoms with van der Waals surface area (Å²) in [5.41, 5.74) is 1.71. The van der Waals surface area contributed by atoms with Crippen molar-refractivity contribution in [2.45, 2.75) is 44.1 Å². The zero-order valence-corrected chi connectivity index (χ0v) is 17.9. The molecule has 162 valence electrons. The normalized spacial score (nSPS) is 18.4. The van der Waals surface area contributed by atoms with Crippen molar-refractivity contribution in [2.24, 2.45) is 0 Å². The van der Waals surface area contributed by atoms with Gasteiger partial charge in [-0.3, -0.25) is 4.79 Å². The Morgan fingerprint density at radius 2 is 1.97 bits per heavy atom. The molecule has 2 aromatic heterocycles. The van der Waals surface area contributed by atoms with E-state index in [1.807, 2.05) is 12.1 Å².